The zero-order valence-corrected chi connectivity index (χ0v) is 9.18. The van der Waals surface area contributed by atoms with E-state index in [0.29, 0.717) is 12.6 Å². The Morgan fingerprint density at radius 2 is 2.14 bits per heavy atom. The van der Waals surface area contributed by atoms with Gasteiger partial charge in [0.2, 0.25) is 0 Å². The topological polar surface area (TPSA) is 41.5 Å². The van der Waals surface area contributed by atoms with Crippen LogP contribution in [0.1, 0.15) is 39.5 Å². The van der Waals surface area contributed by atoms with Gasteiger partial charge in [-0.3, -0.25) is 0 Å². The fraction of sp³-hybridized carbons (Fsp3) is 1.00. The summed E-state index contributed by atoms with van der Waals surface area (Å²) in [5.74, 6) is 0. The van der Waals surface area contributed by atoms with Crippen LogP contribution in [0.2, 0.25) is 0 Å². The van der Waals surface area contributed by atoms with Crippen LogP contribution in [0.4, 0.5) is 0 Å². The second-order valence-electron chi connectivity index (χ2n) is 5.41. The summed E-state index contributed by atoms with van der Waals surface area (Å²) in [5, 5.41) is 13.7. The van der Waals surface area contributed by atoms with E-state index in [1.807, 2.05) is 13.8 Å². The van der Waals surface area contributed by atoms with Crippen LogP contribution in [0.25, 0.3) is 0 Å². The molecule has 2 fully saturated rings. The SMILES string of the molecule is CC1(C)CC(O)(CNC2CC2)CCO1. The fourth-order valence-corrected chi connectivity index (χ4v) is 2.22. The molecule has 0 aromatic rings. The molecular formula is C11H21NO2. The summed E-state index contributed by atoms with van der Waals surface area (Å²) in [6.45, 7) is 5.50. The Morgan fingerprint density at radius 3 is 2.71 bits per heavy atom. The van der Waals surface area contributed by atoms with Crippen LogP contribution >= 0.6 is 0 Å². The standard InChI is InChI=1S/C11H21NO2/c1-10(2)7-11(13,5-6-14-10)8-12-9-3-4-9/h9,12-13H,3-8H2,1-2H3. The molecule has 1 saturated carbocycles. The summed E-state index contributed by atoms with van der Waals surface area (Å²) in [4.78, 5) is 0. The highest BCUT2D eigenvalue weighted by Gasteiger charge is 2.40. The first-order chi connectivity index (χ1) is 6.49. The number of rotatable bonds is 3. The maximum atomic E-state index is 10.3. The molecule has 82 valence electrons. The second kappa shape index (κ2) is 3.47. The monoisotopic (exact) mass is 199 g/mol. The minimum atomic E-state index is -0.551. The minimum Gasteiger partial charge on any atom is -0.388 e. The van der Waals surface area contributed by atoms with Crippen LogP contribution in [0, 0.1) is 0 Å². The zero-order chi connectivity index (χ0) is 10.2. The molecule has 0 bridgehead atoms. The van der Waals surface area contributed by atoms with Crippen LogP contribution < -0.4 is 5.32 Å². The van der Waals surface area contributed by atoms with Crippen molar-refractivity contribution < 1.29 is 9.84 Å². The Balaban J connectivity index is 1.85. The third-order valence-electron chi connectivity index (χ3n) is 3.11. The molecule has 0 amide bonds. The van der Waals surface area contributed by atoms with E-state index < -0.39 is 5.60 Å². The van der Waals surface area contributed by atoms with E-state index in [4.69, 9.17) is 4.74 Å². The van der Waals surface area contributed by atoms with Gasteiger partial charge < -0.3 is 15.2 Å². The maximum absolute atomic E-state index is 10.3. The molecule has 1 aliphatic heterocycles. The van der Waals surface area contributed by atoms with Crippen molar-refractivity contribution >= 4 is 0 Å². The molecule has 1 saturated heterocycles. The van der Waals surface area contributed by atoms with Crippen molar-refractivity contribution in [1.29, 1.82) is 0 Å². The van der Waals surface area contributed by atoms with Crippen molar-refractivity contribution in [2.75, 3.05) is 13.2 Å². The molecule has 1 aliphatic carbocycles. The minimum absolute atomic E-state index is 0.168. The molecule has 1 atom stereocenters. The molecule has 0 spiro atoms. The summed E-state index contributed by atoms with van der Waals surface area (Å²) in [7, 11) is 0. The molecular weight excluding hydrogens is 178 g/mol. The Hall–Kier alpha value is -0.120. The summed E-state index contributed by atoms with van der Waals surface area (Å²) in [5.41, 5.74) is -0.720. The van der Waals surface area contributed by atoms with E-state index in [-0.39, 0.29) is 5.60 Å². The van der Waals surface area contributed by atoms with Crippen molar-refractivity contribution in [1.82, 2.24) is 5.32 Å². The molecule has 14 heavy (non-hydrogen) atoms. The predicted molar refractivity (Wildman–Crippen MR) is 55.2 cm³/mol. The van der Waals surface area contributed by atoms with E-state index in [2.05, 4.69) is 5.32 Å². The maximum Gasteiger partial charge on any atom is 0.0820 e. The molecule has 3 heteroatoms. The van der Waals surface area contributed by atoms with E-state index in [1.54, 1.807) is 0 Å². The van der Waals surface area contributed by atoms with Gasteiger partial charge in [0.25, 0.3) is 0 Å². The van der Waals surface area contributed by atoms with Gasteiger partial charge in [0.15, 0.2) is 0 Å². The van der Waals surface area contributed by atoms with Crippen LogP contribution in [-0.4, -0.2) is 35.5 Å². The van der Waals surface area contributed by atoms with Crippen molar-refractivity contribution in [3.63, 3.8) is 0 Å². The van der Waals surface area contributed by atoms with Gasteiger partial charge in [0.05, 0.1) is 17.8 Å². The lowest BCUT2D eigenvalue weighted by atomic mass is 9.84. The third-order valence-corrected chi connectivity index (χ3v) is 3.11. The van der Waals surface area contributed by atoms with Crippen molar-refractivity contribution in [2.24, 2.45) is 0 Å². The largest absolute Gasteiger partial charge is 0.388 e. The highest BCUT2D eigenvalue weighted by Crippen LogP contribution is 2.32. The normalized spacial score (nSPS) is 37.1. The number of hydrogen-bond acceptors (Lipinski definition) is 3. The van der Waals surface area contributed by atoms with Crippen LogP contribution in [0.5, 0.6) is 0 Å². The summed E-state index contributed by atoms with van der Waals surface area (Å²) >= 11 is 0. The average molecular weight is 199 g/mol. The van der Waals surface area contributed by atoms with Crippen LogP contribution in [0.15, 0.2) is 0 Å². The number of aliphatic hydroxyl groups is 1. The van der Waals surface area contributed by atoms with Crippen molar-refractivity contribution in [3.8, 4) is 0 Å². The third kappa shape index (κ3) is 2.69. The van der Waals surface area contributed by atoms with Crippen molar-refractivity contribution in [3.05, 3.63) is 0 Å². The van der Waals surface area contributed by atoms with Crippen molar-refractivity contribution in [2.45, 2.75) is 56.8 Å². The quantitative estimate of drug-likeness (QED) is 0.714. The van der Waals surface area contributed by atoms with E-state index in [1.165, 1.54) is 12.8 Å². The predicted octanol–water partition coefficient (Wildman–Crippen LogP) is 1.06. The molecule has 1 unspecified atom stereocenters. The lowest BCUT2D eigenvalue weighted by Gasteiger charge is -2.41. The first kappa shape index (κ1) is 10.4. The van der Waals surface area contributed by atoms with Gasteiger partial charge >= 0.3 is 0 Å². The lowest BCUT2D eigenvalue weighted by molar-refractivity contribution is -0.142. The summed E-state index contributed by atoms with van der Waals surface area (Å²) in [6.07, 6.45) is 4.04. The highest BCUT2D eigenvalue weighted by atomic mass is 16.5. The molecule has 2 aliphatic rings. The van der Waals surface area contributed by atoms with E-state index in [0.717, 1.165) is 19.4 Å². The van der Waals surface area contributed by atoms with Gasteiger partial charge in [-0.15, -0.1) is 0 Å². The summed E-state index contributed by atoms with van der Waals surface area (Å²) in [6, 6.07) is 0.671. The van der Waals surface area contributed by atoms with Crippen LogP contribution in [-0.2, 0) is 4.74 Å². The molecule has 0 radical (unpaired) electrons. The second-order valence-corrected chi connectivity index (χ2v) is 5.41. The average Bonchev–Trinajstić information content (AvgIpc) is 2.81. The Labute approximate surface area is 85.8 Å². The first-order valence-electron chi connectivity index (χ1n) is 5.59. The number of hydrogen-bond donors (Lipinski definition) is 2. The van der Waals surface area contributed by atoms with Gasteiger partial charge in [0, 0.05) is 25.4 Å². The smallest absolute Gasteiger partial charge is 0.0820 e. The Bertz CT molecular complexity index is 213. The van der Waals surface area contributed by atoms with Crippen LogP contribution in [0.3, 0.4) is 0 Å². The van der Waals surface area contributed by atoms with Gasteiger partial charge in [0.1, 0.15) is 0 Å². The Kier molecular flexibility index (Phi) is 2.58. The van der Waals surface area contributed by atoms with E-state index in [9.17, 15) is 5.11 Å². The fourth-order valence-electron chi connectivity index (χ4n) is 2.22. The first-order valence-corrected chi connectivity index (χ1v) is 5.59. The molecule has 0 aromatic carbocycles. The lowest BCUT2D eigenvalue weighted by Crippen LogP contribution is -2.51. The molecule has 2 N–H and O–H groups in total. The molecule has 3 nitrogen and oxygen atoms in total. The molecule has 2 rings (SSSR count). The molecule has 0 aromatic heterocycles. The highest BCUT2D eigenvalue weighted by molar-refractivity contribution is 4.94. The zero-order valence-electron chi connectivity index (χ0n) is 9.18. The van der Waals surface area contributed by atoms with E-state index >= 15 is 0 Å². The Morgan fingerprint density at radius 1 is 1.43 bits per heavy atom. The number of ether oxygens (including phenoxy) is 1. The van der Waals surface area contributed by atoms with Gasteiger partial charge in [-0.2, -0.15) is 0 Å². The number of nitrogens with one attached hydrogen (secondary N) is 1. The molecule has 1 heterocycles. The summed E-state index contributed by atoms with van der Waals surface area (Å²) < 4.78 is 5.60. The van der Waals surface area contributed by atoms with Gasteiger partial charge in [-0.1, -0.05) is 0 Å². The van der Waals surface area contributed by atoms with Gasteiger partial charge in [-0.05, 0) is 26.7 Å². The van der Waals surface area contributed by atoms with Gasteiger partial charge in [-0.25, -0.2) is 0 Å².